The van der Waals surface area contributed by atoms with Crippen LogP contribution in [-0.4, -0.2) is 15.8 Å². The Morgan fingerprint density at radius 2 is 2.11 bits per heavy atom. The molecule has 0 fully saturated rings. The number of carbonyl (C=O) groups is 1. The number of benzene rings is 1. The van der Waals surface area contributed by atoms with Gasteiger partial charge in [0.2, 0.25) is 0 Å². The molecule has 0 unspecified atom stereocenters. The first kappa shape index (κ1) is 13.2. The number of hydrogen-bond acceptors (Lipinski definition) is 3. The summed E-state index contributed by atoms with van der Waals surface area (Å²) in [5.74, 6) is -1.27. The van der Waals surface area contributed by atoms with Crippen LogP contribution in [0, 0.1) is 15.9 Å². The average Bonchev–Trinajstić information content (AvgIpc) is 2.83. The number of carbonyl (C=O) groups excluding carboxylic acids is 1. The lowest BCUT2D eigenvalue weighted by molar-refractivity contribution is -0.389. The van der Waals surface area contributed by atoms with Gasteiger partial charge in [-0.2, -0.15) is 0 Å². The number of anilines is 1. The molecule has 1 heterocycles. The van der Waals surface area contributed by atoms with Crippen LogP contribution in [0.1, 0.15) is 10.5 Å². The number of rotatable bonds is 3. The van der Waals surface area contributed by atoms with Crippen LogP contribution in [0.25, 0.3) is 0 Å². The van der Waals surface area contributed by atoms with E-state index in [0.29, 0.717) is 5.69 Å². The zero-order valence-corrected chi connectivity index (χ0v) is 10.9. The topological polar surface area (TPSA) is 88.0 Å². The van der Waals surface area contributed by atoms with Crippen LogP contribution >= 0.6 is 15.9 Å². The second kappa shape index (κ2) is 5.19. The Hall–Kier alpha value is -2.22. The van der Waals surface area contributed by atoms with Crippen LogP contribution in [0.3, 0.4) is 0 Å². The van der Waals surface area contributed by atoms with E-state index in [1.807, 2.05) is 0 Å². The monoisotopic (exact) mass is 327 g/mol. The van der Waals surface area contributed by atoms with Crippen molar-refractivity contribution in [3.8, 4) is 0 Å². The Morgan fingerprint density at radius 3 is 2.68 bits per heavy atom. The maximum absolute atomic E-state index is 13.0. The number of aromatic nitrogens is 1. The van der Waals surface area contributed by atoms with Crippen LogP contribution in [0.15, 0.2) is 34.8 Å². The van der Waals surface area contributed by atoms with Crippen LogP contribution in [-0.2, 0) is 0 Å². The second-order valence-electron chi connectivity index (χ2n) is 3.60. The third kappa shape index (κ3) is 2.97. The molecule has 0 aliphatic heterocycles. The summed E-state index contributed by atoms with van der Waals surface area (Å²) in [4.78, 5) is 24.0. The van der Waals surface area contributed by atoms with Gasteiger partial charge in [0.1, 0.15) is 5.82 Å². The molecule has 1 aromatic heterocycles. The number of nitro groups is 1. The van der Waals surface area contributed by atoms with Crippen LogP contribution in [0.4, 0.5) is 15.9 Å². The average molecular weight is 328 g/mol. The van der Waals surface area contributed by atoms with Crippen LogP contribution < -0.4 is 5.32 Å². The minimum absolute atomic E-state index is 0.0483. The van der Waals surface area contributed by atoms with Crippen molar-refractivity contribution in [2.75, 3.05) is 5.32 Å². The summed E-state index contributed by atoms with van der Waals surface area (Å²) in [7, 11) is 0. The van der Waals surface area contributed by atoms with Gasteiger partial charge in [0.25, 0.3) is 5.91 Å². The van der Waals surface area contributed by atoms with Gasteiger partial charge < -0.3 is 15.4 Å². The molecule has 2 aromatic rings. The number of nitrogens with zero attached hydrogens (tertiary/aromatic N) is 1. The molecule has 6 nitrogen and oxygen atoms in total. The lowest BCUT2D eigenvalue weighted by Gasteiger charge is -2.03. The highest BCUT2D eigenvalue weighted by Gasteiger charge is 2.15. The van der Waals surface area contributed by atoms with E-state index in [-0.39, 0.29) is 16.0 Å². The van der Waals surface area contributed by atoms with Gasteiger partial charge in [-0.05, 0) is 45.1 Å². The predicted molar refractivity (Wildman–Crippen MR) is 69.5 cm³/mol. The van der Waals surface area contributed by atoms with Gasteiger partial charge in [-0.3, -0.25) is 4.79 Å². The molecule has 0 aliphatic carbocycles. The van der Waals surface area contributed by atoms with E-state index in [9.17, 15) is 19.3 Å². The van der Waals surface area contributed by atoms with Crippen LogP contribution in [0.5, 0.6) is 0 Å². The highest BCUT2D eigenvalue weighted by molar-refractivity contribution is 9.10. The smallest absolute Gasteiger partial charge is 0.321 e. The quantitative estimate of drug-likeness (QED) is 0.670. The molecule has 8 heteroatoms. The highest BCUT2D eigenvalue weighted by atomic mass is 79.9. The summed E-state index contributed by atoms with van der Waals surface area (Å²) in [6.45, 7) is 0. The van der Waals surface area contributed by atoms with Crippen molar-refractivity contribution in [1.82, 2.24) is 4.98 Å². The first-order valence-electron chi connectivity index (χ1n) is 5.07. The van der Waals surface area contributed by atoms with Gasteiger partial charge >= 0.3 is 5.82 Å². The standard InChI is InChI=1S/C11H7BrFN3O3/c12-7-5-6(1-2-8(7)13)14-11(17)9-3-4-10(15-9)16(18)19/h1-5,15H,(H,14,17). The molecule has 0 atom stereocenters. The molecular weight excluding hydrogens is 321 g/mol. The van der Waals surface area contributed by atoms with Crippen molar-refractivity contribution in [2.45, 2.75) is 0 Å². The molecule has 0 bridgehead atoms. The van der Waals surface area contributed by atoms with Gasteiger partial charge in [0.05, 0.1) is 4.47 Å². The predicted octanol–water partition coefficient (Wildman–Crippen LogP) is 3.08. The lowest BCUT2D eigenvalue weighted by Crippen LogP contribution is -2.12. The molecule has 1 amide bonds. The molecule has 0 aliphatic rings. The van der Waals surface area contributed by atoms with Gasteiger partial charge in [0, 0.05) is 11.8 Å². The van der Waals surface area contributed by atoms with E-state index in [1.54, 1.807) is 0 Å². The summed E-state index contributed by atoms with van der Waals surface area (Å²) in [5, 5.41) is 13.0. The normalized spacial score (nSPS) is 10.2. The number of halogens is 2. The fourth-order valence-corrected chi connectivity index (χ4v) is 1.77. The molecule has 2 N–H and O–H groups in total. The fourth-order valence-electron chi connectivity index (χ4n) is 1.39. The third-order valence-electron chi connectivity index (χ3n) is 2.29. The molecule has 0 spiro atoms. The zero-order chi connectivity index (χ0) is 14.0. The van der Waals surface area contributed by atoms with Gasteiger partial charge in [0.15, 0.2) is 5.69 Å². The second-order valence-corrected chi connectivity index (χ2v) is 4.45. The number of amides is 1. The molecule has 2 rings (SSSR count). The molecule has 1 aromatic carbocycles. The van der Waals surface area contributed by atoms with Crippen molar-refractivity contribution in [3.05, 3.63) is 56.4 Å². The Balaban J connectivity index is 2.15. The van der Waals surface area contributed by atoms with E-state index in [1.165, 1.54) is 30.3 Å². The minimum atomic E-state index is -0.634. The minimum Gasteiger partial charge on any atom is -0.358 e. The summed E-state index contributed by atoms with van der Waals surface area (Å²) in [6, 6.07) is 6.46. The number of aromatic amines is 1. The first-order chi connectivity index (χ1) is 8.97. The number of hydrogen-bond donors (Lipinski definition) is 2. The highest BCUT2D eigenvalue weighted by Crippen LogP contribution is 2.20. The summed E-state index contributed by atoms with van der Waals surface area (Å²) in [5.41, 5.74) is 0.419. The largest absolute Gasteiger partial charge is 0.358 e. The van der Waals surface area contributed by atoms with E-state index in [4.69, 9.17) is 0 Å². The van der Waals surface area contributed by atoms with Crippen molar-refractivity contribution in [2.24, 2.45) is 0 Å². The van der Waals surface area contributed by atoms with Crippen LogP contribution in [0.2, 0.25) is 0 Å². The molecule has 0 radical (unpaired) electrons. The van der Waals surface area contributed by atoms with E-state index in [0.717, 1.165) is 0 Å². The maximum Gasteiger partial charge on any atom is 0.321 e. The SMILES string of the molecule is O=C(Nc1ccc(F)c(Br)c1)c1ccc([N+](=O)[O-])[nH]1. The lowest BCUT2D eigenvalue weighted by atomic mass is 10.3. The van der Waals surface area contributed by atoms with Gasteiger partial charge in [-0.15, -0.1) is 0 Å². The number of H-pyrrole nitrogens is 1. The fraction of sp³-hybridized carbons (Fsp3) is 0. The van der Waals surface area contributed by atoms with Gasteiger partial charge in [-0.25, -0.2) is 9.37 Å². The van der Waals surface area contributed by atoms with Crippen molar-refractivity contribution < 1.29 is 14.1 Å². The van der Waals surface area contributed by atoms with Crippen molar-refractivity contribution in [3.63, 3.8) is 0 Å². The third-order valence-corrected chi connectivity index (χ3v) is 2.90. The van der Waals surface area contributed by atoms with E-state index >= 15 is 0 Å². The zero-order valence-electron chi connectivity index (χ0n) is 9.31. The van der Waals surface area contributed by atoms with Crippen molar-refractivity contribution >= 4 is 33.3 Å². The molecule has 0 saturated carbocycles. The molecule has 0 saturated heterocycles. The Kier molecular flexibility index (Phi) is 3.61. The maximum atomic E-state index is 13.0. The summed E-state index contributed by atoms with van der Waals surface area (Å²) < 4.78 is 13.2. The van der Waals surface area contributed by atoms with E-state index in [2.05, 4.69) is 26.2 Å². The van der Waals surface area contributed by atoms with E-state index < -0.39 is 16.6 Å². The molecule has 98 valence electrons. The Morgan fingerprint density at radius 1 is 1.37 bits per heavy atom. The first-order valence-corrected chi connectivity index (χ1v) is 5.86. The molecular formula is C11H7BrFN3O3. The Labute approximate surface area is 114 Å². The summed E-state index contributed by atoms with van der Waals surface area (Å²) >= 11 is 2.99. The summed E-state index contributed by atoms with van der Waals surface area (Å²) in [6.07, 6.45) is 0. The molecule has 19 heavy (non-hydrogen) atoms. The van der Waals surface area contributed by atoms with Crippen molar-refractivity contribution in [1.29, 1.82) is 0 Å². The Bertz CT molecular complexity index is 656. The van der Waals surface area contributed by atoms with Gasteiger partial charge in [-0.1, -0.05) is 0 Å². The number of nitrogens with one attached hydrogen (secondary N) is 2.